The van der Waals surface area contributed by atoms with Crippen LogP contribution in [0.3, 0.4) is 0 Å². The minimum Gasteiger partial charge on any atom is -0.387 e. The van der Waals surface area contributed by atoms with Crippen LogP contribution < -0.4 is 10.6 Å². The van der Waals surface area contributed by atoms with Crippen LogP contribution in [0.25, 0.3) is 0 Å². The molecule has 0 bridgehead atoms. The molecular formula is C15H19N3OS. The largest absolute Gasteiger partial charge is 0.387 e. The molecular weight excluding hydrogens is 270 g/mol. The summed E-state index contributed by atoms with van der Waals surface area (Å²) in [4.78, 5) is 17.9. The van der Waals surface area contributed by atoms with Gasteiger partial charge in [-0.3, -0.25) is 4.79 Å². The summed E-state index contributed by atoms with van der Waals surface area (Å²) in [6.07, 6.45) is 0. The van der Waals surface area contributed by atoms with E-state index in [0.29, 0.717) is 5.56 Å². The zero-order valence-corrected chi connectivity index (χ0v) is 13.0. The molecule has 1 aromatic carbocycles. The number of hydrogen-bond acceptors (Lipinski definition) is 4. The van der Waals surface area contributed by atoms with E-state index in [9.17, 15) is 4.79 Å². The number of carbonyl (C=O) groups excluding carboxylic acids is 1. The molecule has 2 N–H and O–H groups in total. The average molecular weight is 289 g/mol. The van der Waals surface area contributed by atoms with Crippen molar-refractivity contribution in [2.24, 2.45) is 0 Å². The molecule has 1 atom stereocenters. The van der Waals surface area contributed by atoms with Crippen LogP contribution in [0.2, 0.25) is 0 Å². The molecule has 1 amide bonds. The van der Waals surface area contributed by atoms with Gasteiger partial charge < -0.3 is 10.6 Å². The maximum atomic E-state index is 12.4. The van der Waals surface area contributed by atoms with Gasteiger partial charge in [-0.2, -0.15) is 0 Å². The van der Waals surface area contributed by atoms with Gasteiger partial charge in [0, 0.05) is 17.6 Å². The highest BCUT2D eigenvalue weighted by Crippen LogP contribution is 2.25. The molecule has 5 heteroatoms. The number of para-hydroxylation sites is 1. The van der Waals surface area contributed by atoms with E-state index in [1.54, 1.807) is 11.3 Å². The number of hydrogen-bond donors (Lipinski definition) is 2. The van der Waals surface area contributed by atoms with Crippen LogP contribution in [0.15, 0.2) is 24.3 Å². The lowest BCUT2D eigenvalue weighted by Gasteiger charge is -2.15. The summed E-state index contributed by atoms with van der Waals surface area (Å²) < 4.78 is 0. The summed E-state index contributed by atoms with van der Waals surface area (Å²) in [5.74, 6) is -0.0760. The maximum absolute atomic E-state index is 12.4. The first-order chi connectivity index (χ1) is 9.52. The number of rotatable bonds is 4. The van der Waals surface area contributed by atoms with Crippen molar-refractivity contribution in [1.29, 1.82) is 0 Å². The molecule has 2 rings (SSSR count). The molecule has 4 nitrogen and oxygen atoms in total. The first-order valence-electron chi connectivity index (χ1n) is 6.54. The fourth-order valence-electron chi connectivity index (χ4n) is 2.19. The van der Waals surface area contributed by atoms with Crippen LogP contribution in [0.5, 0.6) is 0 Å². The second kappa shape index (κ2) is 6.05. The monoisotopic (exact) mass is 289 g/mol. The predicted molar refractivity (Wildman–Crippen MR) is 83.5 cm³/mol. The number of benzene rings is 1. The first-order valence-corrected chi connectivity index (χ1v) is 7.36. The van der Waals surface area contributed by atoms with E-state index in [0.717, 1.165) is 21.3 Å². The second-order valence-electron chi connectivity index (χ2n) is 4.67. The Bertz CT molecular complexity index is 621. The van der Waals surface area contributed by atoms with Gasteiger partial charge in [-0.05, 0) is 32.9 Å². The van der Waals surface area contributed by atoms with Crippen LogP contribution >= 0.6 is 11.3 Å². The van der Waals surface area contributed by atoms with Gasteiger partial charge in [0.2, 0.25) is 0 Å². The summed E-state index contributed by atoms with van der Waals surface area (Å²) in [5.41, 5.74) is 2.47. The molecule has 0 fully saturated rings. The van der Waals surface area contributed by atoms with Crippen LogP contribution in [-0.4, -0.2) is 17.9 Å². The zero-order valence-electron chi connectivity index (χ0n) is 12.2. The highest BCUT2D eigenvalue weighted by molar-refractivity contribution is 7.11. The van der Waals surface area contributed by atoms with Crippen molar-refractivity contribution in [3.05, 3.63) is 45.4 Å². The minimum atomic E-state index is -0.0760. The summed E-state index contributed by atoms with van der Waals surface area (Å²) >= 11 is 1.63. The van der Waals surface area contributed by atoms with Gasteiger partial charge in [0.05, 0.1) is 22.3 Å². The molecule has 1 aromatic heterocycles. The van der Waals surface area contributed by atoms with Crippen LogP contribution in [0.1, 0.15) is 38.9 Å². The van der Waals surface area contributed by atoms with E-state index in [2.05, 4.69) is 15.6 Å². The normalized spacial score (nSPS) is 12.0. The molecule has 0 aliphatic carbocycles. The molecule has 106 valence electrons. The molecule has 0 radical (unpaired) electrons. The molecule has 2 aromatic rings. The lowest BCUT2D eigenvalue weighted by atomic mass is 10.1. The Balaban J connectivity index is 2.17. The molecule has 0 aliphatic heterocycles. The number of carbonyl (C=O) groups is 1. The van der Waals surface area contributed by atoms with Crippen molar-refractivity contribution in [1.82, 2.24) is 10.3 Å². The smallest absolute Gasteiger partial charge is 0.253 e. The number of nitrogens with one attached hydrogen (secondary N) is 2. The lowest BCUT2D eigenvalue weighted by molar-refractivity contribution is 0.0941. The SMILES string of the molecule is CNc1ccccc1C(=O)NC(C)c1sc(C)nc1C. The predicted octanol–water partition coefficient (Wildman–Crippen LogP) is 3.29. The van der Waals surface area contributed by atoms with E-state index in [1.165, 1.54) is 0 Å². The van der Waals surface area contributed by atoms with E-state index in [1.807, 2.05) is 52.1 Å². The Labute approximate surface area is 123 Å². The van der Waals surface area contributed by atoms with Gasteiger partial charge >= 0.3 is 0 Å². The Morgan fingerprint density at radius 1 is 1.30 bits per heavy atom. The van der Waals surface area contributed by atoms with Gasteiger partial charge in [-0.25, -0.2) is 4.98 Å². The van der Waals surface area contributed by atoms with Crippen molar-refractivity contribution >= 4 is 22.9 Å². The van der Waals surface area contributed by atoms with E-state index in [-0.39, 0.29) is 11.9 Å². The minimum absolute atomic E-state index is 0.0430. The third-order valence-electron chi connectivity index (χ3n) is 3.12. The third kappa shape index (κ3) is 2.99. The third-order valence-corrected chi connectivity index (χ3v) is 4.38. The molecule has 0 spiro atoms. The molecule has 1 heterocycles. The quantitative estimate of drug-likeness (QED) is 0.908. The fourth-order valence-corrected chi connectivity index (χ4v) is 3.12. The number of aromatic nitrogens is 1. The summed E-state index contributed by atoms with van der Waals surface area (Å²) in [7, 11) is 1.81. The zero-order chi connectivity index (χ0) is 14.7. The van der Waals surface area contributed by atoms with Gasteiger partial charge in [0.25, 0.3) is 5.91 Å². The van der Waals surface area contributed by atoms with E-state index in [4.69, 9.17) is 0 Å². The molecule has 0 aliphatic rings. The average Bonchev–Trinajstić information content (AvgIpc) is 2.77. The number of nitrogens with zero attached hydrogens (tertiary/aromatic N) is 1. The van der Waals surface area contributed by atoms with Gasteiger partial charge in [0.1, 0.15) is 0 Å². The highest BCUT2D eigenvalue weighted by Gasteiger charge is 2.17. The van der Waals surface area contributed by atoms with E-state index < -0.39 is 0 Å². The van der Waals surface area contributed by atoms with Crippen molar-refractivity contribution in [3.63, 3.8) is 0 Å². The molecule has 20 heavy (non-hydrogen) atoms. The number of aryl methyl sites for hydroxylation is 2. The van der Waals surface area contributed by atoms with Crippen LogP contribution in [-0.2, 0) is 0 Å². The Morgan fingerprint density at radius 3 is 2.60 bits per heavy atom. The van der Waals surface area contributed by atoms with Crippen molar-refractivity contribution in [3.8, 4) is 0 Å². The van der Waals surface area contributed by atoms with Crippen molar-refractivity contribution < 1.29 is 4.79 Å². The standard InChI is InChI=1S/C15H19N3OS/c1-9-14(20-11(3)17-9)10(2)18-15(19)12-7-5-6-8-13(12)16-4/h5-8,10,16H,1-4H3,(H,18,19). The summed E-state index contributed by atoms with van der Waals surface area (Å²) in [6.45, 7) is 5.94. The van der Waals surface area contributed by atoms with Gasteiger partial charge in [-0.1, -0.05) is 12.1 Å². The number of anilines is 1. The first kappa shape index (κ1) is 14.5. The van der Waals surface area contributed by atoms with Gasteiger partial charge in [-0.15, -0.1) is 11.3 Å². The Morgan fingerprint density at radius 2 is 2.00 bits per heavy atom. The van der Waals surface area contributed by atoms with Crippen molar-refractivity contribution in [2.75, 3.05) is 12.4 Å². The molecule has 1 unspecified atom stereocenters. The number of thiazole rings is 1. The molecule has 0 saturated heterocycles. The molecule has 0 saturated carbocycles. The summed E-state index contributed by atoms with van der Waals surface area (Å²) in [5, 5.41) is 7.09. The fraction of sp³-hybridized carbons (Fsp3) is 0.333. The summed E-state index contributed by atoms with van der Waals surface area (Å²) in [6, 6.07) is 7.43. The number of amides is 1. The maximum Gasteiger partial charge on any atom is 0.253 e. The van der Waals surface area contributed by atoms with Gasteiger partial charge in [0.15, 0.2) is 0 Å². The second-order valence-corrected chi connectivity index (χ2v) is 5.91. The van der Waals surface area contributed by atoms with Crippen LogP contribution in [0.4, 0.5) is 5.69 Å². The van der Waals surface area contributed by atoms with E-state index >= 15 is 0 Å². The Hall–Kier alpha value is -1.88. The van der Waals surface area contributed by atoms with Crippen LogP contribution in [0, 0.1) is 13.8 Å². The van der Waals surface area contributed by atoms with Crippen molar-refractivity contribution in [2.45, 2.75) is 26.8 Å². The highest BCUT2D eigenvalue weighted by atomic mass is 32.1. The topological polar surface area (TPSA) is 54.0 Å². The lowest BCUT2D eigenvalue weighted by Crippen LogP contribution is -2.27. The Kier molecular flexibility index (Phi) is 4.39.